The molecule has 4 nitrogen and oxygen atoms in total. The van der Waals surface area contributed by atoms with Crippen molar-refractivity contribution in [1.82, 2.24) is 15.0 Å². The first-order valence-electron chi connectivity index (χ1n) is 7.60. The fourth-order valence-electron chi connectivity index (χ4n) is 2.64. The second-order valence-corrected chi connectivity index (χ2v) is 8.00. The zero-order valence-electron chi connectivity index (χ0n) is 12.9. The highest BCUT2D eigenvalue weighted by molar-refractivity contribution is 7.98. The molecule has 0 unspecified atom stereocenters. The van der Waals surface area contributed by atoms with Gasteiger partial charge in [-0.25, -0.2) is 15.0 Å². The summed E-state index contributed by atoms with van der Waals surface area (Å²) in [6, 6.07) is 10.0. The van der Waals surface area contributed by atoms with Crippen molar-refractivity contribution in [2.75, 3.05) is 0 Å². The van der Waals surface area contributed by atoms with Gasteiger partial charge in [0.25, 0.3) is 0 Å². The average Bonchev–Trinajstić information content (AvgIpc) is 3.38. The predicted molar refractivity (Wildman–Crippen MR) is 104 cm³/mol. The van der Waals surface area contributed by atoms with Crippen molar-refractivity contribution in [1.29, 1.82) is 0 Å². The van der Waals surface area contributed by atoms with E-state index in [1.54, 1.807) is 40.8 Å². The minimum Gasteiger partial charge on any atom is -0.451 e. The van der Waals surface area contributed by atoms with Gasteiger partial charge in [-0.15, -0.1) is 11.3 Å². The Balaban J connectivity index is 1.44. The summed E-state index contributed by atoms with van der Waals surface area (Å²) in [5.41, 5.74) is 4.70. The van der Waals surface area contributed by atoms with Crippen LogP contribution in [0.2, 0.25) is 0 Å². The molecule has 122 valence electrons. The fourth-order valence-corrected chi connectivity index (χ4v) is 5.10. The lowest BCUT2D eigenvalue weighted by Gasteiger charge is -1.99. The lowest BCUT2D eigenvalue weighted by molar-refractivity contribution is 0.653. The number of para-hydroxylation sites is 1. The van der Waals surface area contributed by atoms with E-state index in [1.165, 1.54) is 5.56 Å². The van der Waals surface area contributed by atoms with Gasteiger partial charge in [0, 0.05) is 27.5 Å². The second-order valence-electron chi connectivity index (χ2n) is 5.40. The molecule has 0 amide bonds. The monoisotopic (exact) mass is 381 g/mol. The lowest BCUT2D eigenvalue weighted by Crippen LogP contribution is -1.86. The number of fused-ring (bicyclic) bond motifs is 3. The van der Waals surface area contributed by atoms with E-state index < -0.39 is 0 Å². The van der Waals surface area contributed by atoms with Crippen molar-refractivity contribution in [2.45, 2.75) is 10.8 Å². The Morgan fingerprint density at radius 2 is 2.04 bits per heavy atom. The number of hydrogen-bond donors (Lipinski definition) is 0. The molecule has 0 aliphatic heterocycles. The number of aromatic nitrogens is 3. The van der Waals surface area contributed by atoms with Gasteiger partial charge >= 0.3 is 0 Å². The minimum atomic E-state index is 0.752. The number of nitrogens with zero attached hydrogens (tertiary/aromatic N) is 3. The Bertz CT molecular complexity index is 1160. The van der Waals surface area contributed by atoms with Crippen molar-refractivity contribution in [2.24, 2.45) is 0 Å². The molecule has 0 aliphatic carbocycles. The van der Waals surface area contributed by atoms with Crippen molar-refractivity contribution in [3.63, 3.8) is 0 Å². The summed E-state index contributed by atoms with van der Waals surface area (Å²) in [6.45, 7) is 0. The van der Waals surface area contributed by atoms with Crippen LogP contribution in [0.4, 0.5) is 0 Å². The van der Waals surface area contributed by atoms with E-state index in [-0.39, 0.29) is 0 Å². The van der Waals surface area contributed by atoms with Crippen LogP contribution in [0.5, 0.6) is 0 Å². The molecule has 0 aliphatic rings. The van der Waals surface area contributed by atoms with E-state index in [0.717, 1.165) is 43.5 Å². The van der Waals surface area contributed by atoms with Gasteiger partial charge in [0.2, 0.25) is 0 Å². The topological polar surface area (TPSA) is 51.8 Å². The number of thioether (sulfide) groups is 1. The molecule has 1 aromatic carbocycles. The number of thiazole rings is 1. The van der Waals surface area contributed by atoms with Crippen molar-refractivity contribution >= 4 is 56.5 Å². The van der Waals surface area contributed by atoms with Gasteiger partial charge in [-0.3, -0.25) is 0 Å². The van der Waals surface area contributed by atoms with Crippen LogP contribution < -0.4 is 0 Å². The molecule has 4 heterocycles. The molecule has 25 heavy (non-hydrogen) atoms. The number of furan rings is 1. The van der Waals surface area contributed by atoms with Crippen LogP contribution in [0.25, 0.3) is 32.6 Å². The molecular formula is C18H11N3OS3. The van der Waals surface area contributed by atoms with Crippen LogP contribution in [0.15, 0.2) is 62.2 Å². The zero-order valence-corrected chi connectivity index (χ0v) is 15.3. The smallest absolute Gasteiger partial charge is 0.186 e. The molecule has 0 radical (unpaired) electrons. The third kappa shape index (κ3) is 2.74. The first-order valence-corrected chi connectivity index (χ1v) is 10.4. The van der Waals surface area contributed by atoms with Crippen molar-refractivity contribution in [3.05, 3.63) is 58.5 Å². The van der Waals surface area contributed by atoms with Crippen molar-refractivity contribution < 1.29 is 4.42 Å². The second kappa shape index (κ2) is 6.25. The van der Waals surface area contributed by atoms with E-state index in [0.29, 0.717) is 0 Å². The Labute approximate surface area is 155 Å². The van der Waals surface area contributed by atoms with Crippen LogP contribution >= 0.6 is 34.4 Å². The van der Waals surface area contributed by atoms with Crippen LogP contribution in [0.3, 0.4) is 0 Å². The highest BCUT2D eigenvalue weighted by Crippen LogP contribution is 2.34. The third-order valence-electron chi connectivity index (χ3n) is 3.80. The van der Waals surface area contributed by atoms with E-state index in [1.807, 2.05) is 24.3 Å². The average molecular weight is 382 g/mol. The summed E-state index contributed by atoms with van der Waals surface area (Å²) in [4.78, 5) is 13.5. The molecule has 0 spiro atoms. The Hall–Kier alpha value is -2.22. The standard InChI is InChI=1S/C18H11N3OS3/c1-2-4-14-13(3-1)15-16(22-14)18(20-10-19-15)25-9-12-8-24-17(21-12)11-5-6-23-7-11/h1-8,10H,9H2. The highest BCUT2D eigenvalue weighted by Gasteiger charge is 2.14. The molecule has 0 bridgehead atoms. The number of hydrogen-bond acceptors (Lipinski definition) is 7. The molecule has 0 N–H and O–H groups in total. The van der Waals surface area contributed by atoms with E-state index in [2.05, 4.69) is 32.2 Å². The zero-order chi connectivity index (χ0) is 16.6. The van der Waals surface area contributed by atoms with Gasteiger partial charge < -0.3 is 4.42 Å². The molecule has 0 atom stereocenters. The van der Waals surface area contributed by atoms with E-state index in [9.17, 15) is 0 Å². The quantitative estimate of drug-likeness (QED) is 0.288. The Kier molecular flexibility index (Phi) is 3.77. The summed E-state index contributed by atoms with van der Waals surface area (Å²) in [5, 5.41) is 9.24. The molecule has 0 saturated heterocycles. The summed E-state index contributed by atoms with van der Waals surface area (Å²) in [6.07, 6.45) is 1.60. The predicted octanol–water partition coefficient (Wildman–Crippen LogP) is 5.85. The van der Waals surface area contributed by atoms with Crippen LogP contribution in [0.1, 0.15) is 5.69 Å². The van der Waals surface area contributed by atoms with Gasteiger partial charge in [-0.2, -0.15) is 11.3 Å². The largest absolute Gasteiger partial charge is 0.451 e. The first kappa shape index (κ1) is 15.1. The van der Waals surface area contributed by atoms with Crippen LogP contribution in [-0.2, 0) is 5.75 Å². The minimum absolute atomic E-state index is 0.752. The summed E-state index contributed by atoms with van der Waals surface area (Å²) in [5.74, 6) is 0.754. The molecule has 0 fully saturated rings. The lowest BCUT2D eigenvalue weighted by atomic mass is 10.2. The van der Waals surface area contributed by atoms with Gasteiger partial charge in [-0.1, -0.05) is 23.9 Å². The normalized spacial score (nSPS) is 11.5. The molecular weight excluding hydrogens is 370 g/mol. The van der Waals surface area contributed by atoms with E-state index >= 15 is 0 Å². The van der Waals surface area contributed by atoms with Gasteiger partial charge in [0.05, 0.1) is 5.69 Å². The fraction of sp³-hybridized carbons (Fsp3) is 0.0556. The first-order chi connectivity index (χ1) is 12.4. The van der Waals surface area contributed by atoms with Crippen molar-refractivity contribution in [3.8, 4) is 10.6 Å². The molecule has 7 heteroatoms. The summed E-state index contributed by atoms with van der Waals surface area (Å²) in [7, 11) is 0. The van der Waals surface area contributed by atoms with Gasteiger partial charge in [0.1, 0.15) is 27.5 Å². The maximum atomic E-state index is 5.97. The highest BCUT2D eigenvalue weighted by atomic mass is 32.2. The third-order valence-corrected chi connectivity index (χ3v) is 6.43. The summed E-state index contributed by atoms with van der Waals surface area (Å²) < 4.78 is 5.97. The number of benzene rings is 1. The molecule has 5 aromatic rings. The van der Waals surface area contributed by atoms with Gasteiger partial charge in [-0.05, 0) is 23.6 Å². The molecule has 5 rings (SSSR count). The number of thiophene rings is 1. The van der Waals surface area contributed by atoms with Crippen LogP contribution in [0, 0.1) is 0 Å². The number of rotatable bonds is 4. The maximum Gasteiger partial charge on any atom is 0.186 e. The Morgan fingerprint density at radius 3 is 2.96 bits per heavy atom. The Morgan fingerprint density at radius 1 is 1.08 bits per heavy atom. The molecule has 0 saturated carbocycles. The molecule has 4 aromatic heterocycles. The van der Waals surface area contributed by atoms with Crippen LogP contribution in [-0.4, -0.2) is 15.0 Å². The van der Waals surface area contributed by atoms with E-state index in [4.69, 9.17) is 9.40 Å². The summed E-state index contributed by atoms with van der Waals surface area (Å²) >= 11 is 5.00. The maximum absolute atomic E-state index is 5.97. The SMILES string of the molecule is c1ccc2c(c1)oc1c(SCc3csc(-c4ccsc4)n3)ncnc12. The van der Waals surface area contributed by atoms with Gasteiger partial charge in [0.15, 0.2) is 5.58 Å².